The van der Waals surface area contributed by atoms with Crippen molar-refractivity contribution in [3.8, 4) is 0 Å². The number of rotatable bonds is 0. The van der Waals surface area contributed by atoms with E-state index in [1.807, 2.05) is 6.92 Å². The number of alkyl halides is 3. The summed E-state index contributed by atoms with van der Waals surface area (Å²) in [6.07, 6.45) is -3.40. The summed E-state index contributed by atoms with van der Waals surface area (Å²) in [6.45, 7) is 2.69. The van der Waals surface area contributed by atoms with Crippen molar-refractivity contribution in [2.45, 2.75) is 25.6 Å². The molecular weight excluding hydrogens is 217 g/mol. The van der Waals surface area contributed by atoms with Gasteiger partial charge in [-0.2, -0.15) is 13.2 Å². The van der Waals surface area contributed by atoms with Crippen LogP contribution in [0.4, 0.5) is 24.5 Å². The second-order valence-corrected chi connectivity index (χ2v) is 4.02. The standard InChI is InChI=1S/C11H13F3N2/c1-7-4-5-15-10-6-8(11(12,13)14)2-3-9(10)16-7/h2-3,6-7,15-16H,4-5H2,1H3. The highest BCUT2D eigenvalue weighted by Gasteiger charge is 2.31. The number of nitrogens with one attached hydrogen (secondary N) is 2. The van der Waals surface area contributed by atoms with Crippen LogP contribution in [0.25, 0.3) is 0 Å². The summed E-state index contributed by atoms with van der Waals surface area (Å²) in [4.78, 5) is 0. The highest BCUT2D eigenvalue weighted by Crippen LogP contribution is 2.35. The summed E-state index contributed by atoms with van der Waals surface area (Å²) in [5.74, 6) is 0. The number of hydrogen-bond donors (Lipinski definition) is 2. The molecule has 0 saturated heterocycles. The first-order valence-corrected chi connectivity index (χ1v) is 5.18. The van der Waals surface area contributed by atoms with Crippen molar-refractivity contribution in [2.24, 2.45) is 0 Å². The largest absolute Gasteiger partial charge is 0.416 e. The molecule has 0 spiro atoms. The van der Waals surface area contributed by atoms with E-state index in [0.29, 0.717) is 12.2 Å². The molecule has 2 nitrogen and oxygen atoms in total. The summed E-state index contributed by atoms with van der Waals surface area (Å²) in [5, 5.41) is 6.18. The highest BCUT2D eigenvalue weighted by atomic mass is 19.4. The molecule has 0 aliphatic carbocycles. The van der Waals surface area contributed by atoms with Crippen LogP contribution >= 0.6 is 0 Å². The summed E-state index contributed by atoms with van der Waals surface area (Å²) in [5.41, 5.74) is 0.646. The van der Waals surface area contributed by atoms with Crippen molar-refractivity contribution in [2.75, 3.05) is 17.2 Å². The van der Waals surface area contributed by atoms with Gasteiger partial charge in [-0.25, -0.2) is 0 Å². The van der Waals surface area contributed by atoms with Crippen LogP contribution in [0.15, 0.2) is 18.2 Å². The van der Waals surface area contributed by atoms with Gasteiger partial charge in [-0.05, 0) is 31.5 Å². The number of fused-ring (bicyclic) bond motifs is 1. The second kappa shape index (κ2) is 3.88. The molecule has 5 heteroatoms. The molecule has 2 rings (SSSR count). The van der Waals surface area contributed by atoms with Gasteiger partial charge in [0.25, 0.3) is 0 Å². The Morgan fingerprint density at radius 3 is 2.69 bits per heavy atom. The number of benzene rings is 1. The van der Waals surface area contributed by atoms with Gasteiger partial charge in [-0.15, -0.1) is 0 Å². The Morgan fingerprint density at radius 2 is 2.00 bits per heavy atom. The van der Waals surface area contributed by atoms with Crippen LogP contribution in [0.1, 0.15) is 18.9 Å². The molecule has 0 saturated carbocycles. The predicted octanol–water partition coefficient (Wildman–Crippen LogP) is 3.32. The number of hydrogen-bond acceptors (Lipinski definition) is 2. The molecule has 1 atom stereocenters. The van der Waals surface area contributed by atoms with Crippen molar-refractivity contribution in [1.29, 1.82) is 0 Å². The van der Waals surface area contributed by atoms with Gasteiger partial charge in [0.15, 0.2) is 0 Å². The van der Waals surface area contributed by atoms with Gasteiger partial charge in [0.2, 0.25) is 0 Å². The van der Waals surface area contributed by atoms with Gasteiger partial charge in [-0.1, -0.05) is 0 Å². The lowest BCUT2D eigenvalue weighted by molar-refractivity contribution is -0.137. The maximum atomic E-state index is 12.5. The summed E-state index contributed by atoms with van der Waals surface area (Å²) >= 11 is 0. The smallest absolute Gasteiger partial charge is 0.383 e. The quantitative estimate of drug-likeness (QED) is 0.714. The van der Waals surface area contributed by atoms with Crippen LogP contribution in [0.2, 0.25) is 0 Å². The van der Waals surface area contributed by atoms with Gasteiger partial charge in [0.1, 0.15) is 0 Å². The minimum absolute atomic E-state index is 0.269. The lowest BCUT2D eigenvalue weighted by Crippen LogP contribution is -2.14. The van der Waals surface area contributed by atoms with E-state index in [1.54, 1.807) is 0 Å². The first-order valence-electron chi connectivity index (χ1n) is 5.18. The van der Waals surface area contributed by atoms with Gasteiger partial charge in [0.05, 0.1) is 16.9 Å². The lowest BCUT2D eigenvalue weighted by Gasteiger charge is -2.14. The van der Waals surface area contributed by atoms with E-state index in [9.17, 15) is 13.2 Å². The summed E-state index contributed by atoms with van der Waals surface area (Å²) in [6, 6.07) is 4.00. The Bertz CT molecular complexity index is 387. The maximum absolute atomic E-state index is 12.5. The predicted molar refractivity (Wildman–Crippen MR) is 57.6 cm³/mol. The molecule has 1 unspecified atom stereocenters. The SMILES string of the molecule is CC1CCNc2cc(C(F)(F)F)ccc2N1. The molecule has 1 aliphatic rings. The van der Waals surface area contributed by atoms with Crippen molar-refractivity contribution in [1.82, 2.24) is 0 Å². The van der Waals surface area contributed by atoms with Crippen molar-refractivity contribution in [3.05, 3.63) is 23.8 Å². The Morgan fingerprint density at radius 1 is 1.25 bits per heavy atom. The van der Waals surface area contributed by atoms with E-state index in [2.05, 4.69) is 10.6 Å². The van der Waals surface area contributed by atoms with E-state index in [-0.39, 0.29) is 6.04 Å². The molecule has 16 heavy (non-hydrogen) atoms. The third kappa shape index (κ3) is 2.23. The zero-order valence-electron chi connectivity index (χ0n) is 8.86. The minimum atomic E-state index is -4.28. The Balaban J connectivity index is 2.35. The fourth-order valence-electron chi connectivity index (χ4n) is 1.75. The molecule has 0 radical (unpaired) electrons. The topological polar surface area (TPSA) is 24.1 Å². The molecule has 1 aromatic rings. The van der Waals surface area contributed by atoms with E-state index in [4.69, 9.17) is 0 Å². The maximum Gasteiger partial charge on any atom is 0.416 e. The molecule has 0 amide bonds. The molecular formula is C11H13F3N2. The van der Waals surface area contributed by atoms with Gasteiger partial charge in [0, 0.05) is 12.6 Å². The molecule has 1 aliphatic heterocycles. The van der Waals surface area contributed by atoms with E-state index < -0.39 is 11.7 Å². The van der Waals surface area contributed by atoms with Gasteiger partial charge < -0.3 is 10.6 Å². The first kappa shape index (κ1) is 11.1. The Hall–Kier alpha value is -1.39. The van der Waals surface area contributed by atoms with Gasteiger partial charge >= 0.3 is 6.18 Å². The average Bonchev–Trinajstić information content (AvgIpc) is 2.35. The zero-order valence-corrected chi connectivity index (χ0v) is 8.86. The fourth-order valence-corrected chi connectivity index (χ4v) is 1.75. The van der Waals surface area contributed by atoms with E-state index >= 15 is 0 Å². The van der Waals surface area contributed by atoms with Crippen molar-refractivity contribution in [3.63, 3.8) is 0 Å². The lowest BCUT2D eigenvalue weighted by atomic mass is 10.1. The monoisotopic (exact) mass is 230 g/mol. The van der Waals surface area contributed by atoms with Crippen molar-refractivity contribution >= 4 is 11.4 Å². The van der Waals surface area contributed by atoms with Crippen LogP contribution in [0.3, 0.4) is 0 Å². The Kier molecular flexibility index (Phi) is 2.69. The normalized spacial score (nSPS) is 20.4. The molecule has 0 aromatic heterocycles. The third-order valence-electron chi connectivity index (χ3n) is 2.64. The Labute approximate surface area is 91.8 Å². The molecule has 88 valence electrons. The zero-order chi connectivity index (χ0) is 11.8. The fraction of sp³-hybridized carbons (Fsp3) is 0.455. The molecule has 1 aromatic carbocycles. The second-order valence-electron chi connectivity index (χ2n) is 4.02. The van der Waals surface area contributed by atoms with Gasteiger partial charge in [-0.3, -0.25) is 0 Å². The number of halogens is 3. The third-order valence-corrected chi connectivity index (χ3v) is 2.64. The van der Waals surface area contributed by atoms with Crippen LogP contribution in [0, 0.1) is 0 Å². The molecule has 0 bridgehead atoms. The molecule has 2 N–H and O–H groups in total. The first-order chi connectivity index (χ1) is 7.47. The van der Waals surface area contributed by atoms with E-state index in [0.717, 1.165) is 24.2 Å². The molecule has 0 fully saturated rings. The average molecular weight is 230 g/mol. The summed E-state index contributed by atoms with van der Waals surface area (Å²) < 4.78 is 37.5. The number of anilines is 2. The van der Waals surface area contributed by atoms with Crippen molar-refractivity contribution < 1.29 is 13.2 Å². The van der Waals surface area contributed by atoms with E-state index in [1.165, 1.54) is 6.07 Å². The van der Waals surface area contributed by atoms with Crippen LogP contribution in [0.5, 0.6) is 0 Å². The minimum Gasteiger partial charge on any atom is -0.383 e. The van der Waals surface area contributed by atoms with Crippen LogP contribution in [-0.4, -0.2) is 12.6 Å². The van der Waals surface area contributed by atoms with Crippen LogP contribution < -0.4 is 10.6 Å². The highest BCUT2D eigenvalue weighted by molar-refractivity contribution is 5.71. The van der Waals surface area contributed by atoms with Crippen LogP contribution in [-0.2, 0) is 6.18 Å². The molecule has 1 heterocycles. The summed E-state index contributed by atoms with van der Waals surface area (Å²) in [7, 11) is 0.